The van der Waals surface area contributed by atoms with E-state index in [1.165, 1.54) is 6.20 Å². The summed E-state index contributed by atoms with van der Waals surface area (Å²) in [7, 11) is 0. The van der Waals surface area contributed by atoms with Crippen molar-refractivity contribution in [2.24, 2.45) is 0 Å². The molecular weight excluding hydrogens is 350 g/mol. The van der Waals surface area contributed by atoms with Gasteiger partial charge in [-0.2, -0.15) is 5.26 Å². The van der Waals surface area contributed by atoms with Gasteiger partial charge in [0.1, 0.15) is 17.4 Å². The molecule has 0 bridgehead atoms. The van der Waals surface area contributed by atoms with Gasteiger partial charge in [0.05, 0.1) is 6.61 Å². The Kier molecular flexibility index (Phi) is 7.53. The molecule has 0 saturated heterocycles. The highest BCUT2D eigenvalue weighted by atomic mass is 35.5. The number of carbonyl (C=O) groups is 1. The fourth-order valence-corrected chi connectivity index (χ4v) is 2.46. The van der Waals surface area contributed by atoms with Crippen molar-refractivity contribution in [3.8, 4) is 11.8 Å². The molecule has 2 N–H and O–H groups in total. The summed E-state index contributed by atoms with van der Waals surface area (Å²) in [6.45, 7) is 3.04. The van der Waals surface area contributed by atoms with E-state index >= 15 is 0 Å². The van der Waals surface area contributed by atoms with Crippen molar-refractivity contribution < 1.29 is 9.53 Å². The van der Waals surface area contributed by atoms with Crippen LogP contribution in [0.1, 0.15) is 12.5 Å². The normalized spacial score (nSPS) is 10.7. The van der Waals surface area contributed by atoms with Crippen molar-refractivity contribution in [2.45, 2.75) is 13.3 Å². The summed E-state index contributed by atoms with van der Waals surface area (Å²) in [5, 5.41) is 15.6. The zero-order valence-corrected chi connectivity index (χ0v) is 15.2. The first-order valence-corrected chi connectivity index (χ1v) is 8.63. The van der Waals surface area contributed by atoms with Gasteiger partial charge < -0.3 is 15.4 Å². The number of nitrogens with zero attached hydrogens (tertiary/aromatic N) is 1. The topological polar surface area (TPSA) is 74.1 Å². The molecule has 134 valence electrons. The molecule has 0 aliphatic rings. The van der Waals surface area contributed by atoms with Gasteiger partial charge in [0.25, 0.3) is 5.91 Å². The van der Waals surface area contributed by atoms with Crippen LogP contribution < -0.4 is 15.4 Å². The van der Waals surface area contributed by atoms with E-state index in [0.717, 1.165) is 11.3 Å². The van der Waals surface area contributed by atoms with E-state index in [9.17, 15) is 10.1 Å². The monoisotopic (exact) mass is 369 g/mol. The molecule has 2 aromatic carbocycles. The predicted octanol–water partition coefficient (Wildman–Crippen LogP) is 3.92. The highest BCUT2D eigenvalue weighted by molar-refractivity contribution is 6.31. The average Bonchev–Trinajstić information content (AvgIpc) is 2.65. The van der Waals surface area contributed by atoms with Gasteiger partial charge >= 0.3 is 0 Å². The number of amides is 1. The van der Waals surface area contributed by atoms with E-state index in [2.05, 4.69) is 10.6 Å². The molecule has 2 aromatic rings. The minimum atomic E-state index is -0.470. The largest absolute Gasteiger partial charge is 0.494 e. The first-order chi connectivity index (χ1) is 12.6. The number of hydrogen-bond donors (Lipinski definition) is 2. The molecule has 2 rings (SSSR count). The molecule has 6 heteroatoms. The van der Waals surface area contributed by atoms with Crippen molar-refractivity contribution in [3.05, 3.63) is 70.9 Å². The molecule has 0 heterocycles. The second-order valence-electron chi connectivity index (χ2n) is 5.38. The molecule has 1 amide bonds. The second-order valence-corrected chi connectivity index (χ2v) is 5.78. The number of anilines is 1. The number of rotatable bonds is 8. The summed E-state index contributed by atoms with van der Waals surface area (Å²) in [6, 6.07) is 16.4. The number of halogens is 1. The van der Waals surface area contributed by atoms with Crippen LogP contribution in [0.25, 0.3) is 0 Å². The summed E-state index contributed by atoms with van der Waals surface area (Å²) in [6.07, 6.45) is 2.11. The van der Waals surface area contributed by atoms with Crippen LogP contribution in [-0.2, 0) is 11.2 Å². The smallest absolute Gasteiger partial charge is 0.267 e. The lowest BCUT2D eigenvalue weighted by Crippen LogP contribution is -2.18. The van der Waals surface area contributed by atoms with Gasteiger partial charge in [-0.05, 0) is 49.2 Å². The molecule has 0 saturated carbocycles. The van der Waals surface area contributed by atoms with Gasteiger partial charge in [0.15, 0.2) is 0 Å². The maximum Gasteiger partial charge on any atom is 0.267 e. The molecule has 0 radical (unpaired) electrons. The van der Waals surface area contributed by atoms with E-state index in [1.54, 1.807) is 24.3 Å². The molecule has 0 aliphatic heterocycles. The second kappa shape index (κ2) is 10.1. The summed E-state index contributed by atoms with van der Waals surface area (Å²) >= 11 is 6.10. The third kappa shape index (κ3) is 5.83. The minimum Gasteiger partial charge on any atom is -0.494 e. The predicted molar refractivity (Wildman–Crippen MR) is 103 cm³/mol. The number of nitriles is 1. The van der Waals surface area contributed by atoms with Crippen LogP contribution in [0.4, 0.5) is 5.69 Å². The summed E-state index contributed by atoms with van der Waals surface area (Å²) in [4.78, 5) is 12.2. The number of benzene rings is 2. The van der Waals surface area contributed by atoms with Crippen LogP contribution in [0, 0.1) is 11.3 Å². The van der Waals surface area contributed by atoms with Crippen LogP contribution in [0.3, 0.4) is 0 Å². The quantitative estimate of drug-likeness (QED) is 0.420. The Morgan fingerprint density at radius 1 is 1.23 bits per heavy atom. The minimum absolute atomic E-state index is 0.00181. The van der Waals surface area contributed by atoms with Crippen LogP contribution >= 0.6 is 11.6 Å². The van der Waals surface area contributed by atoms with Gasteiger partial charge in [0, 0.05) is 23.5 Å². The zero-order valence-electron chi connectivity index (χ0n) is 14.5. The molecule has 0 aliphatic carbocycles. The summed E-state index contributed by atoms with van der Waals surface area (Å²) in [5.74, 6) is 0.254. The van der Waals surface area contributed by atoms with Crippen LogP contribution in [0.5, 0.6) is 5.75 Å². The third-order valence-electron chi connectivity index (χ3n) is 3.53. The van der Waals surface area contributed by atoms with Gasteiger partial charge in [-0.1, -0.05) is 29.8 Å². The lowest BCUT2D eigenvalue weighted by molar-refractivity contribution is -0.112. The van der Waals surface area contributed by atoms with Crippen LogP contribution in [-0.4, -0.2) is 19.1 Å². The molecule has 5 nitrogen and oxygen atoms in total. The number of nitrogens with one attached hydrogen (secondary N) is 2. The van der Waals surface area contributed by atoms with Crippen molar-refractivity contribution in [1.82, 2.24) is 5.32 Å². The van der Waals surface area contributed by atoms with E-state index < -0.39 is 5.91 Å². The SMILES string of the molecule is CCOc1ccc(NC(=O)/C(C#N)=C\NCCc2ccccc2Cl)cc1. The lowest BCUT2D eigenvalue weighted by Gasteiger charge is -2.07. The molecule has 0 aromatic heterocycles. The van der Waals surface area contributed by atoms with Crippen molar-refractivity contribution >= 4 is 23.2 Å². The number of ether oxygens (including phenoxy) is 1. The van der Waals surface area contributed by atoms with Crippen LogP contribution in [0.2, 0.25) is 5.02 Å². The van der Waals surface area contributed by atoms with Crippen molar-refractivity contribution in [1.29, 1.82) is 5.26 Å². The Balaban J connectivity index is 1.88. The average molecular weight is 370 g/mol. The first-order valence-electron chi connectivity index (χ1n) is 8.25. The van der Waals surface area contributed by atoms with E-state index in [0.29, 0.717) is 30.3 Å². The van der Waals surface area contributed by atoms with E-state index in [1.807, 2.05) is 37.3 Å². The standard InChI is InChI=1S/C20H20ClN3O2/c1-2-26-18-9-7-17(8-10-18)24-20(25)16(13-22)14-23-12-11-15-5-3-4-6-19(15)21/h3-10,14,23H,2,11-12H2,1H3,(H,24,25)/b16-14-. The van der Waals surface area contributed by atoms with E-state index in [4.69, 9.17) is 16.3 Å². The van der Waals surface area contributed by atoms with Crippen LogP contribution in [0.15, 0.2) is 60.3 Å². The van der Waals surface area contributed by atoms with Crippen molar-refractivity contribution in [2.75, 3.05) is 18.5 Å². The molecule has 0 atom stereocenters. The number of hydrogen-bond acceptors (Lipinski definition) is 4. The lowest BCUT2D eigenvalue weighted by atomic mass is 10.1. The molecule has 26 heavy (non-hydrogen) atoms. The van der Waals surface area contributed by atoms with Gasteiger partial charge in [-0.3, -0.25) is 4.79 Å². The Morgan fingerprint density at radius 3 is 2.62 bits per heavy atom. The van der Waals surface area contributed by atoms with Gasteiger partial charge in [0.2, 0.25) is 0 Å². The first kappa shape index (κ1) is 19.4. The van der Waals surface area contributed by atoms with Gasteiger partial charge in [-0.15, -0.1) is 0 Å². The zero-order chi connectivity index (χ0) is 18.8. The third-order valence-corrected chi connectivity index (χ3v) is 3.90. The highest BCUT2D eigenvalue weighted by Crippen LogP contribution is 2.16. The highest BCUT2D eigenvalue weighted by Gasteiger charge is 2.09. The molecule has 0 unspecified atom stereocenters. The Morgan fingerprint density at radius 2 is 1.96 bits per heavy atom. The van der Waals surface area contributed by atoms with E-state index in [-0.39, 0.29) is 5.57 Å². The maximum atomic E-state index is 12.2. The molecular formula is C20H20ClN3O2. The summed E-state index contributed by atoms with van der Waals surface area (Å²) < 4.78 is 5.35. The van der Waals surface area contributed by atoms with Crippen molar-refractivity contribution in [3.63, 3.8) is 0 Å². The fourth-order valence-electron chi connectivity index (χ4n) is 2.23. The summed E-state index contributed by atoms with van der Waals surface area (Å²) in [5.41, 5.74) is 1.60. The fraction of sp³-hybridized carbons (Fsp3) is 0.200. The Bertz CT molecular complexity index is 811. The Hall–Kier alpha value is -2.97. The molecule has 0 spiro atoms. The molecule has 0 fully saturated rings. The maximum absolute atomic E-state index is 12.2. The van der Waals surface area contributed by atoms with Gasteiger partial charge in [-0.25, -0.2) is 0 Å². The number of carbonyl (C=O) groups excluding carboxylic acids is 1. The Labute approximate surface area is 158 Å².